The summed E-state index contributed by atoms with van der Waals surface area (Å²) in [5.74, 6) is 0.425. The van der Waals surface area contributed by atoms with Gasteiger partial charge in [-0.15, -0.1) is 0 Å². The van der Waals surface area contributed by atoms with Crippen LogP contribution >= 0.6 is 0 Å². The second-order valence-electron chi connectivity index (χ2n) is 6.18. The number of nitrogens with one attached hydrogen (secondary N) is 1. The fourth-order valence-corrected chi connectivity index (χ4v) is 3.47. The fraction of sp³-hybridized carbons (Fsp3) is 0.556. The molecule has 1 aromatic rings. The monoisotopic (exact) mass is 334 g/mol. The van der Waals surface area contributed by atoms with Crippen LogP contribution in [0.1, 0.15) is 24.0 Å². The topological polar surface area (TPSA) is 67.9 Å². The number of hydrogen-bond acceptors (Lipinski definition) is 4. The Labute approximate surface area is 143 Å². The van der Waals surface area contributed by atoms with Crippen LogP contribution in [0.3, 0.4) is 0 Å². The normalized spacial score (nSPS) is 20.1. The molecule has 1 aromatic carbocycles. The van der Waals surface area contributed by atoms with E-state index in [1.165, 1.54) is 0 Å². The molecule has 24 heavy (non-hydrogen) atoms. The van der Waals surface area contributed by atoms with Gasteiger partial charge >= 0.3 is 0 Å². The number of aryl methyl sites for hydroxylation is 1. The van der Waals surface area contributed by atoms with Gasteiger partial charge in [-0.1, -0.05) is 17.7 Å². The van der Waals surface area contributed by atoms with Crippen LogP contribution in [0.5, 0.6) is 5.75 Å². The summed E-state index contributed by atoms with van der Waals surface area (Å²) < 4.78 is 10.6. The average molecular weight is 334 g/mol. The molecule has 0 radical (unpaired) electrons. The van der Waals surface area contributed by atoms with Crippen molar-refractivity contribution in [3.05, 3.63) is 29.3 Å². The zero-order valence-electron chi connectivity index (χ0n) is 14.8. The summed E-state index contributed by atoms with van der Waals surface area (Å²) in [4.78, 5) is 27.1. The highest BCUT2D eigenvalue weighted by Gasteiger charge is 2.49. The van der Waals surface area contributed by atoms with E-state index in [0.717, 1.165) is 17.5 Å². The first-order valence-corrected chi connectivity index (χ1v) is 8.13. The van der Waals surface area contributed by atoms with Crippen molar-refractivity contribution in [3.8, 4) is 5.75 Å². The molecule has 1 unspecified atom stereocenters. The number of likely N-dealkylation sites (tertiary alicyclic amines) is 1. The standard InChI is InChI=1S/C18H26N2O4/c1-13-6-7-15(24-4)14(10-13)11-16(21)20-9-5-8-18(20,12-23-3)17(22)19-2/h6-7,10H,5,8-9,11-12H2,1-4H3,(H,19,22). The molecule has 1 N–H and O–H groups in total. The van der Waals surface area contributed by atoms with Crippen LogP contribution in [0.4, 0.5) is 0 Å². The highest BCUT2D eigenvalue weighted by molar-refractivity contribution is 5.93. The van der Waals surface area contributed by atoms with Crippen molar-refractivity contribution in [1.82, 2.24) is 10.2 Å². The van der Waals surface area contributed by atoms with Crippen molar-refractivity contribution in [3.63, 3.8) is 0 Å². The van der Waals surface area contributed by atoms with Crippen LogP contribution in [-0.4, -0.2) is 56.7 Å². The predicted molar refractivity (Wildman–Crippen MR) is 91.1 cm³/mol. The lowest BCUT2D eigenvalue weighted by molar-refractivity contribution is -0.147. The second-order valence-corrected chi connectivity index (χ2v) is 6.18. The van der Waals surface area contributed by atoms with Gasteiger partial charge in [-0.05, 0) is 25.8 Å². The third-order valence-corrected chi connectivity index (χ3v) is 4.60. The van der Waals surface area contributed by atoms with Crippen molar-refractivity contribution in [2.45, 2.75) is 31.7 Å². The van der Waals surface area contributed by atoms with Crippen molar-refractivity contribution >= 4 is 11.8 Å². The molecule has 1 atom stereocenters. The van der Waals surface area contributed by atoms with Crippen LogP contribution in [0.15, 0.2) is 18.2 Å². The van der Waals surface area contributed by atoms with E-state index in [0.29, 0.717) is 18.7 Å². The van der Waals surface area contributed by atoms with Crippen LogP contribution in [0.2, 0.25) is 0 Å². The van der Waals surface area contributed by atoms with Crippen LogP contribution in [-0.2, 0) is 20.7 Å². The smallest absolute Gasteiger partial charge is 0.248 e. The molecule has 1 fully saturated rings. The summed E-state index contributed by atoms with van der Waals surface area (Å²) in [6.07, 6.45) is 1.60. The first-order chi connectivity index (χ1) is 11.5. The Hall–Kier alpha value is -2.08. The molecule has 0 aliphatic carbocycles. The summed E-state index contributed by atoms with van der Waals surface area (Å²) in [5, 5.41) is 2.68. The quantitative estimate of drug-likeness (QED) is 0.851. The van der Waals surface area contributed by atoms with E-state index in [1.54, 1.807) is 26.2 Å². The van der Waals surface area contributed by atoms with Crippen molar-refractivity contribution < 1.29 is 19.1 Å². The van der Waals surface area contributed by atoms with Gasteiger partial charge in [0.2, 0.25) is 11.8 Å². The van der Waals surface area contributed by atoms with Crippen molar-refractivity contribution in [2.24, 2.45) is 0 Å². The van der Waals surface area contributed by atoms with E-state index < -0.39 is 5.54 Å². The molecule has 0 saturated carbocycles. The molecule has 0 spiro atoms. The molecule has 1 saturated heterocycles. The van der Waals surface area contributed by atoms with Gasteiger partial charge in [0, 0.05) is 26.3 Å². The Kier molecular flexibility index (Phi) is 5.83. The SMILES string of the molecule is CNC(=O)C1(COC)CCCN1C(=O)Cc1cc(C)ccc1OC. The molecule has 6 nitrogen and oxygen atoms in total. The first kappa shape index (κ1) is 18.3. The predicted octanol–water partition coefficient (Wildman–Crippen LogP) is 1.30. The summed E-state index contributed by atoms with van der Waals surface area (Å²) in [6.45, 7) is 2.73. The summed E-state index contributed by atoms with van der Waals surface area (Å²) in [5.41, 5.74) is 0.976. The second kappa shape index (κ2) is 7.66. The summed E-state index contributed by atoms with van der Waals surface area (Å²) >= 11 is 0. The Balaban J connectivity index is 2.28. The number of amides is 2. The van der Waals surface area contributed by atoms with E-state index in [2.05, 4.69) is 5.32 Å². The van der Waals surface area contributed by atoms with Crippen molar-refractivity contribution in [2.75, 3.05) is 34.4 Å². The van der Waals surface area contributed by atoms with Gasteiger partial charge in [0.05, 0.1) is 20.1 Å². The molecule has 6 heteroatoms. The molecular weight excluding hydrogens is 308 g/mol. The van der Waals surface area contributed by atoms with E-state index in [-0.39, 0.29) is 24.8 Å². The Morgan fingerprint density at radius 1 is 1.33 bits per heavy atom. The van der Waals surface area contributed by atoms with Crippen molar-refractivity contribution in [1.29, 1.82) is 0 Å². The maximum Gasteiger partial charge on any atom is 0.248 e. The van der Waals surface area contributed by atoms with E-state index >= 15 is 0 Å². The third kappa shape index (κ3) is 3.38. The Morgan fingerprint density at radius 3 is 2.71 bits per heavy atom. The Morgan fingerprint density at radius 2 is 2.08 bits per heavy atom. The number of benzene rings is 1. The lowest BCUT2D eigenvalue weighted by Crippen LogP contribution is -2.59. The van der Waals surface area contributed by atoms with E-state index in [9.17, 15) is 9.59 Å². The zero-order chi connectivity index (χ0) is 17.7. The lowest BCUT2D eigenvalue weighted by atomic mass is 9.95. The molecule has 1 aliphatic heterocycles. The largest absolute Gasteiger partial charge is 0.496 e. The Bertz CT molecular complexity index is 617. The van der Waals surface area contributed by atoms with Gasteiger partial charge in [-0.3, -0.25) is 9.59 Å². The summed E-state index contributed by atoms with van der Waals surface area (Å²) in [6, 6.07) is 5.76. The highest BCUT2D eigenvalue weighted by atomic mass is 16.5. The lowest BCUT2D eigenvalue weighted by Gasteiger charge is -2.36. The fourth-order valence-electron chi connectivity index (χ4n) is 3.47. The number of rotatable bonds is 6. The number of ether oxygens (including phenoxy) is 2. The van der Waals surface area contributed by atoms with Crippen LogP contribution in [0, 0.1) is 6.92 Å². The van der Waals surface area contributed by atoms with E-state index in [4.69, 9.17) is 9.47 Å². The van der Waals surface area contributed by atoms with Gasteiger partial charge in [0.1, 0.15) is 11.3 Å². The molecule has 1 aliphatic rings. The van der Waals surface area contributed by atoms with E-state index in [1.807, 2.05) is 25.1 Å². The van der Waals surface area contributed by atoms with Crippen LogP contribution in [0.25, 0.3) is 0 Å². The highest BCUT2D eigenvalue weighted by Crippen LogP contribution is 2.32. The number of nitrogens with zero attached hydrogens (tertiary/aromatic N) is 1. The molecule has 132 valence electrons. The molecule has 1 heterocycles. The first-order valence-electron chi connectivity index (χ1n) is 8.13. The van der Waals surface area contributed by atoms with Gasteiger partial charge in [-0.2, -0.15) is 0 Å². The van der Waals surface area contributed by atoms with Gasteiger partial charge in [0.15, 0.2) is 0 Å². The minimum Gasteiger partial charge on any atom is -0.496 e. The molecule has 0 bridgehead atoms. The maximum absolute atomic E-state index is 12.9. The molecule has 2 rings (SSSR count). The van der Waals surface area contributed by atoms with Crippen LogP contribution < -0.4 is 10.1 Å². The molecular formula is C18H26N2O4. The number of likely N-dealkylation sites (N-methyl/N-ethyl adjacent to an activating group) is 1. The van der Waals surface area contributed by atoms with Gasteiger partial charge in [0.25, 0.3) is 0 Å². The van der Waals surface area contributed by atoms with Gasteiger partial charge < -0.3 is 19.7 Å². The summed E-state index contributed by atoms with van der Waals surface area (Å²) in [7, 11) is 4.73. The number of hydrogen-bond donors (Lipinski definition) is 1. The van der Waals surface area contributed by atoms with Gasteiger partial charge in [-0.25, -0.2) is 0 Å². The molecule has 0 aromatic heterocycles. The number of carbonyl (C=O) groups is 2. The molecule has 2 amide bonds. The minimum absolute atomic E-state index is 0.0861. The third-order valence-electron chi connectivity index (χ3n) is 4.60. The number of methoxy groups -OCH3 is 2. The zero-order valence-corrected chi connectivity index (χ0v) is 14.8. The average Bonchev–Trinajstić information content (AvgIpc) is 2.99. The minimum atomic E-state index is -0.919. The number of carbonyl (C=O) groups excluding carboxylic acids is 2. The maximum atomic E-state index is 12.9.